The Morgan fingerprint density at radius 1 is 0.951 bits per heavy atom. The van der Waals surface area contributed by atoms with E-state index in [1.54, 1.807) is 24.7 Å². The lowest BCUT2D eigenvalue weighted by Crippen LogP contribution is -2.15. The molecule has 1 aliphatic rings. The average Bonchev–Trinajstić information content (AvgIpc) is 3.81. The Hall–Kier alpha value is -5.66. The molecule has 1 N–H and O–H groups in total. The van der Waals surface area contributed by atoms with Gasteiger partial charge in [0.05, 0.1) is 34.9 Å². The third kappa shape index (κ3) is 5.05. The van der Waals surface area contributed by atoms with Gasteiger partial charge < -0.3 is 5.32 Å². The Bertz CT molecular complexity index is 1860. The maximum Gasteiger partial charge on any atom is 0.230 e. The molecule has 7 heteroatoms. The van der Waals surface area contributed by atoms with E-state index >= 15 is 0 Å². The molecular formula is C34H24N6O. The molecule has 2 aromatic heterocycles. The molecule has 0 radical (unpaired) electrons. The van der Waals surface area contributed by atoms with E-state index in [0.29, 0.717) is 34.4 Å². The van der Waals surface area contributed by atoms with Gasteiger partial charge in [0.1, 0.15) is 11.9 Å². The smallest absolute Gasteiger partial charge is 0.230 e. The predicted molar refractivity (Wildman–Crippen MR) is 158 cm³/mol. The summed E-state index contributed by atoms with van der Waals surface area (Å²) in [6, 6.07) is 29.9. The van der Waals surface area contributed by atoms with Gasteiger partial charge in [0, 0.05) is 46.2 Å². The lowest BCUT2D eigenvalue weighted by Gasteiger charge is -2.15. The third-order valence-corrected chi connectivity index (χ3v) is 7.30. The van der Waals surface area contributed by atoms with Crippen LogP contribution < -0.4 is 5.32 Å². The van der Waals surface area contributed by atoms with Crippen LogP contribution in [0.2, 0.25) is 0 Å². The Morgan fingerprint density at radius 3 is 2.27 bits per heavy atom. The van der Waals surface area contributed by atoms with Crippen molar-refractivity contribution in [2.24, 2.45) is 16.8 Å². The molecule has 41 heavy (non-hydrogen) atoms. The Morgan fingerprint density at radius 2 is 1.66 bits per heavy atom. The summed E-state index contributed by atoms with van der Waals surface area (Å²) < 4.78 is 0. The van der Waals surface area contributed by atoms with E-state index < -0.39 is 0 Å². The highest BCUT2D eigenvalue weighted by molar-refractivity contribution is 6.16. The summed E-state index contributed by atoms with van der Waals surface area (Å²) >= 11 is 0. The van der Waals surface area contributed by atoms with Crippen LogP contribution in [0.4, 0.5) is 11.5 Å². The van der Waals surface area contributed by atoms with Gasteiger partial charge in [0.2, 0.25) is 5.91 Å². The van der Waals surface area contributed by atoms with Gasteiger partial charge in [0.15, 0.2) is 0 Å². The fraction of sp³-hybridized carbons (Fsp3) is 0.118. The van der Waals surface area contributed by atoms with Crippen molar-refractivity contribution in [1.82, 2.24) is 9.97 Å². The van der Waals surface area contributed by atoms with Crippen LogP contribution in [0, 0.1) is 41.4 Å². The van der Waals surface area contributed by atoms with Gasteiger partial charge in [-0.25, -0.2) is 9.98 Å². The lowest BCUT2D eigenvalue weighted by atomic mass is 9.93. The normalized spacial score (nSPS) is 15.4. The molecule has 196 valence electrons. The van der Waals surface area contributed by atoms with Crippen LogP contribution in [-0.2, 0) is 4.79 Å². The van der Waals surface area contributed by atoms with E-state index in [-0.39, 0.29) is 17.7 Å². The van der Waals surface area contributed by atoms with Crippen molar-refractivity contribution in [1.29, 1.82) is 10.5 Å². The van der Waals surface area contributed by atoms with E-state index in [4.69, 9.17) is 10.3 Å². The number of rotatable bonds is 6. The number of aliphatic imine (C=N–C) groups is 1. The zero-order chi connectivity index (χ0) is 28.3. The van der Waals surface area contributed by atoms with E-state index in [0.717, 1.165) is 33.4 Å². The second kappa shape index (κ2) is 10.8. The van der Waals surface area contributed by atoms with Crippen LogP contribution in [0.15, 0.2) is 102 Å². The first kappa shape index (κ1) is 25.6. The Balaban J connectivity index is 1.59. The second-order valence-electron chi connectivity index (χ2n) is 10.0. The number of nitrogens with one attached hydrogen (secondary N) is 1. The highest BCUT2D eigenvalue weighted by Gasteiger charge is 2.43. The summed E-state index contributed by atoms with van der Waals surface area (Å²) in [4.78, 5) is 26.7. The van der Waals surface area contributed by atoms with Crippen LogP contribution in [0.1, 0.15) is 28.7 Å². The molecule has 1 amide bonds. The van der Waals surface area contributed by atoms with Crippen molar-refractivity contribution < 1.29 is 4.79 Å². The second-order valence-corrected chi connectivity index (χ2v) is 10.0. The minimum absolute atomic E-state index is 0.214. The predicted octanol–water partition coefficient (Wildman–Crippen LogP) is 6.74. The highest BCUT2D eigenvalue weighted by Crippen LogP contribution is 2.41. The minimum atomic E-state index is -0.313. The summed E-state index contributed by atoms with van der Waals surface area (Å²) in [7, 11) is 0. The van der Waals surface area contributed by atoms with Crippen molar-refractivity contribution in [3.05, 3.63) is 120 Å². The van der Waals surface area contributed by atoms with Crippen molar-refractivity contribution >= 4 is 33.9 Å². The molecule has 1 saturated carbocycles. The molecular weight excluding hydrogens is 508 g/mol. The summed E-state index contributed by atoms with van der Waals surface area (Å²) in [6.07, 6.45) is 5.68. The van der Waals surface area contributed by atoms with E-state index in [2.05, 4.69) is 27.4 Å². The maximum atomic E-state index is 12.7. The standard InChI is InChI=1S/C34H24N6O/c1-21-12-13-37-19-29(21)27-14-24-16-31(39-34(41)26-15-25(26)17-35)38-20-30(24)33(28(27)18-36)40-32(22-8-4-2-5-9-22)23-10-6-3-7-11-23/h2-14,16,19-20,25-26H,15H2,1H3,(H,38,39,41)/t25-,26+/m1/s1. The molecule has 0 bridgehead atoms. The summed E-state index contributed by atoms with van der Waals surface area (Å²) in [5.74, 6) is -0.393. The zero-order valence-corrected chi connectivity index (χ0v) is 22.2. The van der Waals surface area contributed by atoms with Crippen LogP contribution in [0.5, 0.6) is 0 Å². The fourth-order valence-electron chi connectivity index (χ4n) is 4.98. The molecule has 2 atom stereocenters. The molecule has 0 spiro atoms. The van der Waals surface area contributed by atoms with Crippen LogP contribution in [0.25, 0.3) is 21.9 Å². The number of nitriles is 2. The topological polar surface area (TPSA) is 115 Å². The number of carbonyl (C=O) groups excluding carboxylic acids is 1. The number of carbonyl (C=O) groups is 1. The van der Waals surface area contributed by atoms with Crippen molar-refractivity contribution in [3.8, 4) is 23.3 Å². The highest BCUT2D eigenvalue weighted by atomic mass is 16.2. The molecule has 6 rings (SSSR count). The van der Waals surface area contributed by atoms with E-state index in [9.17, 15) is 10.1 Å². The minimum Gasteiger partial charge on any atom is -0.310 e. The molecule has 0 aliphatic heterocycles. The van der Waals surface area contributed by atoms with Crippen LogP contribution in [0.3, 0.4) is 0 Å². The van der Waals surface area contributed by atoms with Crippen LogP contribution in [-0.4, -0.2) is 21.6 Å². The number of nitrogens with zero attached hydrogens (tertiary/aromatic N) is 5. The third-order valence-electron chi connectivity index (χ3n) is 7.30. The number of amides is 1. The molecule has 0 saturated heterocycles. The number of benzene rings is 3. The van der Waals surface area contributed by atoms with Crippen molar-refractivity contribution in [2.75, 3.05) is 5.32 Å². The Labute approximate surface area is 237 Å². The molecule has 2 heterocycles. The summed E-state index contributed by atoms with van der Waals surface area (Å²) in [5, 5.41) is 23.9. The molecule has 7 nitrogen and oxygen atoms in total. The number of hydrogen-bond acceptors (Lipinski definition) is 6. The zero-order valence-electron chi connectivity index (χ0n) is 22.2. The number of anilines is 1. The average molecular weight is 533 g/mol. The van der Waals surface area contributed by atoms with Gasteiger partial charge in [-0.1, -0.05) is 60.7 Å². The number of fused-ring (bicyclic) bond motifs is 1. The summed E-state index contributed by atoms with van der Waals surface area (Å²) in [6.45, 7) is 1.98. The molecule has 5 aromatic rings. The van der Waals surface area contributed by atoms with Gasteiger partial charge >= 0.3 is 0 Å². The first-order valence-corrected chi connectivity index (χ1v) is 13.2. The van der Waals surface area contributed by atoms with Crippen molar-refractivity contribution in [3.63, 3.8) is 0 Å². The van der Waals surface area contributed by atoms with Gasteiger partial charge in [-0.15, -0.1) is 0 Å². The lowest BCUT2D eigenvalue weighted by molar-refractivity contribution is -0.117. The first-order chi connectivity index (χ1) is 20.1. The molecule has 3 aromatic carbocycles. The van der Waals surface area contributed by atoms with E-state index in [1.165, 1.54) is 0 Å². The first-order valence-electron chi connectivity index (χ1n) is 13.2. The molecule has 1 fully saturated rings. The number of pyridine rings is 2. The number of aryl methyl sites for hydroxylation is 1. The van der Waals surface area contributed by atoms with Crippen LogP contribution >= 0.6 is 0 Å². The van der Waals surface area contributed by atoms with Gasteiger partial charge in [-0.2, -0.15) is 10.5 Å². The quantitative estimate of drug-likeness (QED) is 0.243. The van der Waals surface area contributed by atoms with Gasteiger partial charge in [-0.05, 0) is 42.5 Å². The monoisotopic (exact) mass is 532 g/mol. The molecule has 0 unspecified atom stereocenters. The largest absolute Gasteiger partial charge is 0.310 e. The summed E-state index contributed by atoms with van der Waals surface area (Å²) in [5.41, 5.74) is 5.92. The molecule has 1 aliphatic carbocycles. The van der Waals surface area contributed by atoms with Gasteiger partial charge in [0.25, 0.3) is 0 Å². The van der Waals surface area contributed by atoms with Crippen molar-refractivity contribution in [2.45, 2.75) is 13.3 Å². The number of hydrogen-bond donors (Lipinski definition) is 1. The SMILES string of the molecule is Cc1ccncc1-c1cc2cc(NC(=O)[C@H]3C[C@@H]3C#N)ncc2c(N=C(c2ccccc2)c2ccccc2)c1C#N. The van der Waals surface area contributed by atoms with Gasteiger partial charge in [-0.3, -0.25) is 9.78 Å². The van der Waals surface area contributed by atoms with E-state index in [1.807, 2.05) is 79.7 Å². The number of aromatic nitrogens is 2. The Kier molecular flexibility index (Phi) is 6.77. The fourth-order valence-corrected chi connectivity index (χ4v) is 4.98. The maximum absolute atomic E-state index is 12.7.